The zero-order chi connectivity index (χ0) is 35.9. The third kappa shape index (κ3) is 7.26. The van der Waals surface area contributed by atoms with Crippen molar-refractivity contribution >= 4 is 16.9 Å². The average molecular weight is 695 g/mol. The average Bonchev–Trinajstić information content (AvgIpc) is 3.10. The van der Waals surface area contributed by atoms with Crippen molar-refractivity contribution in [3.63, 3.8) is 0 Å². The second kappa shape index (κ2) is 14.5. The quantitative estimate of drug-likeness (QED) is 0.168. The van der Waals surface area contributed by atoms with E-state index in [0.717, 1.165) is 60.3 Å². The number of hydrogen-bond donors (Lipinski definition) is 1. The van der Waals surface area contributed by atoms with Crippen molar-refractivity contribution < 1.29 is 23.8 Å². The van der Waals surface area contributed by atoms with Crippen molar-refractivity contribution in [3.8, 4) is 22.8 Å². The van der Waals surface area contributed by atoms with Crippen LogP contribution in [0.4, 0.5) is 0 Å². The lowest BCUT2D eigenvalue weighted by Crippen LogP contribution is -2.52. The SMILES string of the molecule is CC(C)CCC[C@@H](C)[C@@H]1CC[C@@H]2[C@@H]3CC=C4C[C@H](OC(=O)COc5cc(O)c6c(=O)cc(-c7ccccc7)oc6c5)CC[C@]4(C)[C@@H]3CC[C@]2(C)C1. The van der Waals surface area contributed by atoms with Crippen LogP contribution in [0.15, 0.2) is 69.4 Å². The lowest BCUT2D eigenvalue weighted by Gasteiger charge is -2.61. The topological polar surface area (TPSA) is 86.0 Å². The molecule has 0 radical (unpaired) electrons. The number of carbonyl (C=O) groups is 1. The van der Waals surface area contributed by atoms with Crippen molar-refractivity contribution in [1.82, 2.24) is 0 Å². The predicted octanol–water partition coefficient (Wildman–Crippen LogP) is 10.9. The van der Waals surface area contributed by atoms with Crippen LogP contribution in [-0.2, 0) is 9.53 Å². The summed E-state index contributed by atoms with van der Waals surface area (Å²) in [6.45, 7) is 12.1. The summed E-state index contributed by atoms with van der Waals surface area (Å²) in [6, 6.07) is 13.6. The van der Waals surface area contributed by atoms with E-state index in [9.17, 15) is 14.7 Å². The predicted molar refractivity (Wildman–Crippen MR) is 203 cm³/mol. The molecule has 1 heterocycles. The summed E-state index contributed by atoms with van der Waals surface area (Å²) in [6.07, 6.45) is 17.3. The highest BCUT2D eigenvalue weighted by molar-refractivity contribution is 5.86. The maximum absolute atomic E-state index is 13.0. The van der Waals surface area contributed by atoms with Crippen molar-refractivity contribution in [3.05, 3.63) is 70.4 Å². The van der Waals surface area contributed by atoms with Gasteiger partial charge in [0.15, 0.2) is 12.0 Å². The molecule has 6 nitrogen and oxygen atoms in total. The maximum Gasteiger partial charge on any atom is 0.344 e. The highest BCUT2D eigenvalue weighted by Gasteiger charge is 2.56. The van der Waals surface area contributed by atoms with Gasteiger partial charge in [0.1, 0.15) is 34.3 Å². The number of phenols is 1. The molecule has 51 heavy (non-hydrogen) atoms. The summed E-state index contributed by atoms with van der Waals surface area (Å²) in [5.74, 6) is 4.80. The number of ether oxygens (including phenoxy) is 2. The molecule has 8 atom stereocenters. The zero-order valence-corrected chi connectivity index (χ0v) is 31.4. The van der Waals surface area contributed by atoms with Gasteiger partial charge in [0, 0.05) is 30.2 Å². The third-order valence-corrected chi connectivity index (χ3v) is 13.9. The second-order valence-electron chi connectivity index (χ2n) is 17.6. The molecule has 3 aromatic rings. The Morgan fingerprint density at radius 3 is 2.57 bits per heavy atom. The third-order valence-electron chi connectivity index (χ3n) is 13.9. The Balaban J connectivity index is 0.956. The van der Waals surface area contributed by atoms with Crippen LogP contribution in [0, 0.1) is 46.3 Å². The fraction of sp³-hybridized carbons (Fsp3) is 0.600. The minimum Gasteiger partial charge on any atom is -0.507 e. The molecule has 0 spiro atoms. The molecule has 1 aromatic heterocycles. The van der Waals surface area contributed by atoms with E-state index < -0.39 is 5.97 Å². The first-order valence-electron chi connectivity index (χ1n) is 19.8. The molecule has 0 saturated heterocycles. The van der Waals surface area contributed by atoms with Crippen molar-refractivity contribution in [2.75, 3.05) is 6.61 Å². The van der Waals surface area contributed by atoms with E-state index in [1.807, 2.05) is 30.3 Å². The molecule has 4 aliphatic carbocycles. The molecule has 1 N–H and O–H groups in total. The Labute approximate surface area is 304 Å². The van der Waals surface area contributed by atoms with Gasteiger partial charge in [-0.2, -0.15) is 0 Å². The Morgan fingerprint density at radius 2 is 1.78 bits per heavy atom. The van der Waals surface area contributed by atoms with Crippen LogP contribution < -0.4 is 10.2 Å². The van der Waals surface area contributed by atoms with E-state index in [1.54, 1.807) is 6.07 Å². The Hall–Kier alpha value is -3.54. The number of benzene rings is 2. The maximum atomic E-state index is 13.0. The molecule has 6 heteroatoms. The second-order valence-corrected chi connectivity index (χ2v) is 17.6. The van der Waals surface area contributed by atoms with Crippen molar-refractivity contribution in [2.24, 2.45) is 46.3 Å². The van der Waals surface area contributed by atoms with E-state index in [-0.39, 0.29) is 46.0 Å². The van der Waals surface area contributed by atoms with Gasteiger partial charge in [0.25, 0.3) is 0 Å². The van der Waals surface area contributed by atoms with Crippen LogP contribution in [0.25, 0.3) is 22.3 Å². The number of rotatable bonds is 10. The minimum atomic E-state index is -0.430. The van der Waals surface area contributed by atoms with Gasteiger partial charge in [0.05, 0.1) is 0 Å². The van der Waals surface area contributed by atoms with Gasteiger partial charge >= 0.3 is 5.97 Å². The molecular weight excluding hydrogens is 636 g/mol. The summed E-state index contributed by atoms with van der Waals surface area (Å²) in [4.78, 5) is 25.9. The van der Waals surface area contributed by atoms with E-state index in [2.05, 4.69) is 40.7 Å². The molecule has 0 aliphatic heterocycles. The standard InChI is InChI=1S/C45H58O6/c1-28(2)10-9-11-29(3)31-14-17-36-35-16-15-32-22-33(18-21-45(32,5)37(35)19-20-44(36,4)26-31)50-42(48)27-49-34-23-38(46)43-39(47)25-40(51-41(43)24-34)30-12-7-6-8-13-30/h6-8,12-13,15,23-25,28-29,31,33,35-37,46H,9-11,14,16-22,26-27H2,1-5H3/t29-,31-,33-,35+,36-,37-,44-,45+/m1/s1. The number of esters is 1. The first-order valence-corrected chi connectivity index (χ1v) is 19.8. The van der Waals surface area contributed by atoms with Crippen LogP contribution in [0.1, 0.15) is 112 Å². The van der Waals surface area contributed by atoms with Crippen LogP contribution >= 0.6 is 0 Å². The molecule has 274 valence electrons. The van der Waals surface area contributed by atoms with E-state index >= 15 is 0 Å². The highest BCUT2D eigenvalue weighted by Crippen LogP contribution is 2.65. The van der Waals surface area contributed by atoms with Gasteiger partial charge in [-0.25, -0.2) is 4.79 Å². The monoisotopic (exact) mass is 694 g/mol. The van der Waals surface area contributed by atoms with E-state index in [0.29, 0.717) is 11.2 Å². The molecule has 0 unspecified atom stereocenters. The fourth-order valence-electron chi connectivity index (χ4n) is 11.0. The normalized spacial score (nSPS) is 30.9. The largest absolute Gasteiger partial charge is 0.507 e. The molecule has 3 saturated carbocycles. The van der Waals surface area contributed by atoms with Crippen LogP contribution in [-0.4, -0.2) is 23.8 Å². The molecule has 3 fully saturated rings. The lowest BCUT2D eigenvalue weighted by molar-refractivity contribution is -0.154. The van der Waals surface area contributed by atoms with Gasteiger partial charge in [-0.3, -0.25) is 4.79 Å². The molecular formula is C45H58O6. The van der Waals surface area contributed by atoms with Crippen LogP contribution in [0.5, 0.6) is 11.5 Å². The molecule has 0 bridgehead atoms. The number of fused-ring (bicyclic) bond motifs is 6. The summed E-state index contributed by atoms with van der Waals surface area (Å²) in [7, 11) is 0. The lowest BCUT2D eigenvalue weighted by atomic mass is 9.44. The van der Waals surface area contributed by atoms with Gasteiger partial charge < -0.3 is 19.0 Å². The molecule has 4 aliphatic rings. The molecule has 2 aromatic carbocycles. The first-order chi connectivity index (χ1) is 24.4. The Bertz CT molecular complexity index is 1810. The Kier molecular flexibility index (Phi) is 10.2. The number of hydrogen-bond acceptors (Lipinski definition) is 6. The van der Waals surface area contributed by atoms with E-state index in [1.165, 1.54) is 75.5 Å². The summed E-state index contributed by atoms with van der Waals surface area (Å²) in [5.41, 5.74) is 2.76. The number of phenolic OH excluding ortho intramolecular Hbond substituents is 1. The van der Waals surface area contributed by atoms with Crippen molar-refractivity contribution in [1.29, 1.82) is 0 Å². The van der Waals surface area contributed by atoms with Crippen LogP contribution in [0.3, 0.4) is 0 Å². The smallest absolute Gasteiger partial charge is 0.344 e. The summed E-state index contributed by atoms with van der Waals surface area (Å²) in [5, 5.41) is 10.7. The summed E-state index contributed by atoms with van der Waals surface area (Å²) < 4.78 is 17.8. The Morgan fingerprint density at radius 1 is 0.980 bits per heavy atom. The van der Waals surface area contributed by atoms with Gasteiger partial charge in [-0.15, -0.1) is 0 Å². The van der Waals surface area contributed by atoms with Crippen LogP contribution in [0.2, 0.25) is 0 Å². The highest BCUT2D eigenvalue weighted by atomic mass is 16.6. The van der Waals surface area contributed by atoms with Gasteiger partial charge in [0.2, 0.25) is 0 Å². The number of allylic oxidation sites excluding steroid dienone is 1. The zero-order valence-electron chi connectivity index (χ0n) is 31.4. The summed E-state index contributed by atoms with van der Waals surface area (Å²) >= 11 is 0. The fourth-order valence-corrected chi connectivity index (χ4v) is 11.0. The molecule has 7 rings (SSSR count). The van der Waals surface area contributed by atoms with Crippen molar-refractivity contribution in [2.45, 2.75) is 118 Å². The number of carbonyl (C=O) groups excluding carboxylic acids is 1. The number of aromatic hydroxyl groups is 1. The van der Waals surface area contributed by atoms with E-state index in [4.69, 9.17) is 13.9 Å². The minimum absolute atomic E-state index is 0.0789. The van der Waals surface area contributed by atoms with Gasteiger partial charge in [-0.1, -0.05) is 95.9 Å². The molecule has 0 amide bonds. The first kappa shape index (κ1) is 35.8. The van der Waals surface area contributed by atoms with Gasteiger partial charge in [-0.05, 0) is 97.7 Å².